The lowest BCUT2D eigenvalue weighted by Gasteiger charge is -2.21. The lowest BCUT2D eigenvalue weighted by atomic mass is 9.90. The third-order valence-corrected chi connectivity index (χ3v) is 3.50. The Morgan fingerprint density at radius 1 is 1.29 bits per heavy atom. The highest BCUT2D eigenvalue weighted by molar-refractivity contribution is 7.48. The van der Waals surface area contributed by atoms with E-state index in [1.165, 1.54) is 19.3 Å². The Morgan fingerprint density at radius 2 is 1.93 bits per heavy atom. The number of rotatable bonds is 5. The van der Waals surface area contributed by atoms with Crippen LogP contribution >= 0.6 is 7.91 Å². The molecular formula is C9H18FO3P. The van der Waals surface area contributed by atoms with E-state index in [9.17, 15) is 8.76 Å². The van der Waals surface area contributed by atoms with Gasteiger partial charge in [0.25, 0.3) is 0 Å². The molecule has 0 bridgehead atoms. The first kappa shape index (κ1) is 12.2. The molecule has 0 spiro atoms. The lowest BCUT2D eigenvalue weighted by Crippen LogP contribution is -2.12. The second kappa shape index (κ2) is 5.84. The lowest BCUT2D eigenvalue weighted by molar-refractivity contribution is 0.143. The molecule has 3 nitrogen and oxygen atoms in total. The van der Waals surface area contributed by atoms with Gasteiger partial charge in [-0.05, 0) is 25.7 Å². The molecule has 1 atom stereocenters. The molecule has 0 aromatic rings. The zero-order valence-corrected chi connectivity index (χ0v) is 9.47. The third kappa shape index (κ3) is 4.54. The highest BCUT2D eigenvalue weighted by atomic mass is 31.2. The molecule has 1 saturated carbocycles. The van der Waals surface area contributed by atoms with E-state index >= 15 is 0 Å². The van der Waals surface area contributed by atoms with Crippen molar-refractivity contribution in [1.82, 2.24) is 0 Å². The van der Waals surface area contributed by atoms with Gasteiger partial charge in [0, 0.05) is 0 Å². The molecule has 0 aromatic heterocycles. The normalized spacial score (nSPS) is 23.3. The highest BCUT2D eigenvalue weighted by Crippen LogP contribution is 2.50. The van der Waals surface area contributed by atoms with Gasteiger partial charge in [-0.1, -0.05) is 19.3 Å². The molecular weight excluding hydrogens is 206 g/mol. The predicted molar refractivity (Wildman–Crippen MR) is 52.9 cm³/mol. The molecule has 1 aliphatic rings. The van der Waals surface area contributed by atoms with Gasteiger partial charge < -0.3 is 0 Å². The van der Waals surface area contributed by atoms with E-state index in [1.54, 1.807) is 6.92 Å². The summed E-state index contributed by atoms with van der Waals surface area (Å²) in [5.41, 5.74) is 0. The summed E-state index contributed by atoms with van der Waals surface area (Å²) in [6, 6.07) is 0. The van der Waals surface area contributed by atoms with Gasteiger partial charge in [-0.25, -0.2) is 4.57 Å². The summed E-state index contributed by atoms with van der Waals surface area (Å²) >= 11 is 0. The van der Waals surface area contributed by atoms with Gasteiger partial charge in [-0.3, -0.25) is 9.05 Å². The monoisotopic (exact) mass is 224 g/mol. The summed E-state index contributed by atoms with van der Waals surface area (Å²) in [5, 5.41) is 0. The van der Waals surface area contributed by atoms with Crippen LogP contribution in [-0.2, 0) is 13.6 Å². The predicted octanol–water partition coefficient (Wildman–Crippen LogP) is 3.70. The first-order valence-electron chi connectivity index (χ1n) is 5.23. The van der Waals surface area contributed by atoms with Crippen LogP contribution < -0.4 is 0 Å². The van der Waals surface area contributed by atoms with Crippen LogP contribution in [0.15, 0.2) is 0 Å². The first-order valence-corrected chi connectivity index (χ1v) is 6.66. The maximum absolute atomic E-state index is 13.0. The number of halogens is 1. The Morgan fingerprint density at radius 3 is 2.50 bits per heavy atom. The fraction of sp³-hybridized carbons (Fsp3) is 1.00. The van der Waals surface area contributed by atoms with Crippen LogP contribution in [0.1, 0.15) is 39.0 Å². The summed E-state index contributed by atoms with van der Waals surface area (Å²) in [4.78, 5) is 0. The Hall–Kier alpha value is 0.0800. The first-order chi connectivity index (χ1) is 6.64. The van der Waals surface area contributed by atoms with E-state index in [0.717, 1.165) is 12.8 Å². The Bertz CT molecular complexity index is 204. The van der Waals surface area contributed by atoms with Gasteiger partial charge >= 0.3 is 7.91 Å². The third-order valence-electron chi connectivity index (χ3n) is 2.47. The summed E-state index contributed by atoms with van der Waals surface area (Å²) in [6.07, 6.45) is 5.67. The molecule has 1 unspecified atom stereocenters. The summed E-state index contributed by atoms with van der Waals surface area (Å²) in [6.45, 7) is 1.91. The molecule has 1 rings (SSSR count). The van der Waals surface area contributed by atoms with E-state index in [1.807, 2.05) is 0 Å². The second-order valence-electron chi connectivity index (χ2n) is 3.65. The largest absolute Gasteiger partial charge is 0.513 e. The van der Waals surface area contributed by atoms with Crippen LogP contribution in [0.2, 0.25) is 0 Å². The molecule has 0 aromatic carbocycles. The van der Waals surface area contributed by atoms with E-state index in [2.05, 4.69) is 9.05 Å². The molecule has 0 aliphatic heterocycles. The average Bonchev–Trinajstić information content (AvgIpc) is 2.17. The van der Waals surface area contributed by atoms with Crippen molar-refractivity contribution in [3.8, 4) is 0 Å². The van der Waals surface area contributed by atoms with Gasteiger partial charge in [-0.2, -0.15) is 0 Å². The van der Waals surface area contributed by atoms with E-state index in [-0.39, 0.29) is 13.2 Å². The van der Waals surface area contributed by atoms with Crippen molar-refractivity contribution in [3.63, 3.8) is 0 Å². The van der Waals surface area contributed by atoms with Crippen molar-refractivity contribution in [2.24, 2.45) is 5.92 Å². The summed E-state index contributed by atoms with van der Waals surface area (Å²) in [7, 11) is -4.26. The second-order valence-corrected chi connectivity index (χ2v) is 5.03. The highest BCUT2D eigenvalue weighted by Gasteiger charge is 2.25. The van der Waals surface area contributed by atoms with Crippen molar-refractivity contribution < 1.29 is 17.8 Å². The average molecular weight is 224 g/mol. The van der Waals surface area contributed by atoms with Gasteiger partial charge in [0.05, 0.1) is 13.2 Å². The van der Waals surface area contributed by atoms with Crippen LogP contribution in [0.5, 0.6) is 0 Å². The van der Waals surface area contributed by atoms with Gasteiger partial charge in [-0.15, -0.1) is 4.20 Å². The smallest absolute Gasteiger partial charge is 0.284 e. The summed E-state index contributed by atoms with van der Waals surface area (Å²) < 4.78 is 33.0. The maximum atomic E-state index is 13.0. The summed E-state index contributed by atoms with van der Waals surface area (Å²) in [5.74, 6) is 0.355. The van der Waals surface area contributed by atoms with Gasteiger partial charge in [0.2, 0.25) is 0 Å². The zero-order valence-electron chi connectivity index (χ0n) is 8.58. The molecule has 1 aliphatic carbocycles. The van der Waals surface area contributed by atoms with E-state index in [0.29, 0.717) is 5.92 Å². The minimum Gasteiger partial charge on any atom is -0.284 e. The van der Waals surface area contributed by atoms with Crippen LogP contribution in [0, 0.1) is 5.92 Å². The standard InChI is InChI=1S/C9H18FO3P/c1-2-12-14(10,11)13-8-9-6-4-3-5-7-9/h9H,2-8H2,1H3. The Labute approximate surface area is 84.6 Å². The molecule has 1 fully saturated rings. The fourth-order valence-electron chi connectivity index (χ4n) is 1.74. The quantitative estimate of drug-likeness (QED) is 0.668. The molecule has 0 N–H and O–H groups in total. The molecule has 5 heteroatoms. The van der Waals surface area contributed by atoms with Gasteiger partial charge in [0.1, 0.15) is 0 Å². The van der Waals surface area contributed by atoms with Crippen LogP contribution in [0.3, 0.4) is 0 Å². The van der Waals surface area contributed by atoms with Crippen molar-refractivity contribution in [3.05, 3.63) is 0 Å². The van der Waals surface area contributed by atoms with Crippen molar-refractivity contribution in [2.45, 2.75) is 39.0 Å². The van der Waals surface area contributed by atoms with Crippen LogP contribution in [-0.4, -0.2) is 13.2 Å². The molecule has 0 amide bonds. The van der Waals surface area contributed by atoms with Crippen LogP contribution in [0.4, 0.5) is 4.20 Å². The van der Waals surface area contributed by atoms with Crippen molar-refractivity contribution >= 4 is 7.91 Å². The maximum Gasteiger partial charge on any atom is 0.513 e. The Kier molecular flexibility index (Phi) is 5.07. The molecule has 0 radical (unpaired) electrons. The van der Waals surface area contributed by atoms with Gasteiger partial charge in [0.15, 0.2) is 0 Å². The fourth-order valence-corrected chi connectivity index (χ4v) is 2.51. The minimum absolute atomic E-state index is 0.0818. The Balaban J connectivity index is 2.21. The molecule has 14 heavy (non-hydrogen) atoms. The van der Waals surface area contributed by atoms with Crippen LogP contribution in [0.25, 0.3) is 0 Å². The molecule has 84 valence electrons. The zero-order chi connectivity index (χ0) is 10.4. The molecule has 0 heterocycles. The van der Waals surface area contributed by atoms with Crippen molar-refractivity contribution in [1.29, 1.82) is 0 Å². The van der Waals surface area contributed by atoms with E-state index < -0.39 is 7.91 Å². The van der Waals surface area contributed by atoms with E-state index in [4.69, 9.17) is 0 Å². The topological polar surface area (TPSA) is 35.5 Å². The number of hydrogen-bond donors (Lipinski definition) is 0. The van der Waals surface area contributed by atoms with Crippen molar-refractivity contribution in [2.75, 3.05) is 13.2 Å². The molecule has 0 saturated heterocycles. The minimum atomic E-state index is -4.26. The SMILES string of the molecule is CCOP(=O)(F)OCC1CCCCC1. The number of hydrogen-bond acceptors (Lipinski definition) is 3.